The van der Waals surface area contributed by atoms with E-state index in [0.29, 0.717) is 6.54 Å². The van der Waals surface area contributed by atoms with Gasteiger partial charge >= 0.3 is 0 Å². The molecule has 0 aliphatic rings. The second-order valence-corrected chi connectivity index (χ2v) is 4.36. The lowest BCUT2D eigenvalue weighted by atomic mass is 10.2. The Hall–Kier alpha value is -1.06. The zero-order valence-corrected chi connectivity index (χ0v) is 11.1. The molecule has 1 rings (SSSR count). The summed E-state index contributed by atoms with van der Waals surface area (Å²) in [4.78, 5) is 2.24. The van der Waals surface area contributed by atoms with Crippen molar-refractivity contribution >= 4 is 5.69 Å². The summed E-state index contributed by atoms with van der Waals surface area (Å²) >= 11 is 0. The molecular weight excluding hydrogens is 212 g/mol. The molecular formula is C14H24N2O. The molecule has 1 aromatic rings. The molecule has 0 aliphatic heterocycles. The zero-order chi connectivity index (χ0) is 12.7. The van der Waals surface area contributed by atoms with E-state index >= 15 is 0 Å². The predicted octanol–water partition coefficient (Wildman–Crippen LogP) is 2.19. The fraction of sp³-hybridized carbons (Fsp3) is 0.571. The van der Waals surface area contributed by atoms with Crippen molar-refractivity contribution in [1.82, 2.24) is 0 Å². The number of anilines is 1. The molecule has 1 atom stereocenters. The van der Waals surface area contributed by atoms with Crippen molar-refractivity contribution in [2.45, 2.75) is 26.4 Å². The first-order valence-corrected chi connectivity index (χ1v) is 6.26. The van der Waals surface area contributed by atoms with Gasteiger partial charge in [-0.1, -0.05) is 12.1 Å². The number of rotatable bonds is 7. The third kappa shape index (κ3) is 4.75. The van der Waals surface area contributed by atoms with Gasteiger partial charge in [0, 0.05) is 32.4 Å². The van der Waals surface area contributed by atoms with Crippen LogP contribution in [0.25, 0.3) is 0 Å². The molecule has 0 fully saturated rings. The molecule has 3 nitrogen and oxygen atoms in total. The Morgan fingerprint density at radius 1 is 1.41 bits per heavy atom. The Morgan fingerprint density at radius 2 is 2.18 bits per heavy atom. The van der Waals surface area contributed by atoms with Gasteiger partial charge in [0.05, 0.1) is 6.10 Å². The van der Waals surface area contributed by atoms with Crippen LogP contribution in [0.4, 0.5) is 5.69 Å². The monoisotopic (exact) mass is 236 g/mol. The first-order valence-electron chi connectivity index (χ1n) is 6.26. The summed E-state index contributed by atoms with van der Waals surface area (Å²) in [5.74, 6) is 0. The molecule has 1 aromatic carbocycles. The molecule has 0 heterocycles. The highest BCUT2D eigenvalue weighted by atomic mass is 16.5. The van der Waals surface area contributed by atoms with Crippen LogP contribution in [0.2, 0.25) is 0 Å². The van der Waals surface area contributed by atoms with Gasteiger partial charge in [0.25, 0.3) is 0 Å². The molecule has 0 aliphatic carbocycles. The van der Waals surface area contributed by atoms with Crippen LogP contribution in [0.1, 0.15) is 18.9 Å². The van der Waals surface area contributed by atoms with Gasteiger partial charge in [0.1, 0.15) is 0 Å². The Balaban J connectivity index is 2.46. The average Bonchev–Trinajstić information content (AvgIpc) is 2.34. The molecule has 0 aromatic heterocycles. The SMILES string of the molecule is CCOC(CN)CCN(C)c1cccc(C)c1. The van der Waals surface area contributed by atoms with Crippen LogP contribution in [0.15, 0.2) is 24.3 Å². The van der Waals surface area contributed by atoms with Gasteiger partial charge in [0.2, 0.25) is 0 Å². The van der Waals surface area contributed by atoms with Gasteiger partial charge in [-0.05, 0) is 38.0 Å². The third-order valence-corrected chi connectivity index (χ3v) is 2.89. The molecule has 96 valence electrons. The maximum Gasteiger partial charge on any atom is 0.0713 e. The minimum atomic E-state index is 0.173. The fourth-order valence-electron chi connectivity index (χ4n) is 1.84. The summed E-state index contributed by atoms with van der Waals surface area (Å²) < 4.78 is 5.55. The van der Waals surface area contributed by atoms with Gasteiger partial charge < -0.3 is 15.4 Å². The van der Waals surface area contributed by atoms with Crippen LogP contribution in [-0.2, 0) is 4.74 Å². The number of hydrogen-bond donors (Lipinski definition) is 1. The topological polar surface area (TPSA) is 38.5 Å². The molecule has 3 heteroatoms. The van der Waals surface area contributed by atoms with E-state index < -0.39 is 0 Å². The first-order chi connectivity index (χ1) is 8.17. The number of aryl methyl sites for hydroxylation is 1. The largest absolute Gasteiger partial charge is 0.377 e. The van der Waals surface area contributed by atoms with E-state index in [1.807, 2.05) is 6.92 Å². The predicted molar refractivity (Wildman–Crippen MR) is 73.5 cm³/mol. The molecule has 0 saturated heterocycles. The van der Waals surface area contributed by atoms with E-state index in [2.05, 4.69) is 43.1 Å². The van der Waals surface area contributed by atoms with Crippen LogP contribution in [0, 0.1) is 6.92 Å². The van der Waals surface area contributed by atoms with E-state index in [-0.39, 0.29) is 6.10 Å². The van der Waals surface area contributed by atoms with E-state index in [0.717, 1.165) is 19.6 Å². The second-order valence-electron chi connectivity index (χ2n) is 4.36. The maximum absolute atomic E-state index is 5.66. The fourth-order valence-corrected chi connectivity index (χ4v) is 1.84. The normalized spacial score (nSPS) is 12.5. The molecule has 17 heavy (non-hydrogen) atoms. The number of ether oxygens (including phenoxy) is 1. The number of nitrogens with two attached hydrogens (primary N) is 1. The summed E-state index contributed by atoms with van der Waals surface area (Å²) in [6.45, 7) is 6.41. The van der Waals surface area contributed by atoms with Crippen LogP contribution >= 0.6 is 0 Å². The van der Waals surface area contributed by atoms with E-state index in [1.165, 1.54) is 11.3 Å². The Bertz CT molecular complexity index is 328. The molecule has 0 amide bonds. The van der Waals surface area contributed by atoms with Gasteiger partial charge in [0.15, 0.2) is 0 Å². The lowest BCUT2D eigenvalue weighted by Crippen LogP contribution is -2.29. The average molecular weight is 236 g/mol. The molecule has 0 radical (unpaired) electrons. The molecule has 2 N–H and O–H groups in total. The van der Waals surface area contributed by atoms with Gasteiger partial charge in [-0.15, -0.1) is 0 Å². The quantitative estimate of drug-likeness (QED) is 0.788. The third-order valence-electron chi connectivity index (χ3n) is 2.89. The van der Waals surface area contributed by atoms with E-state index in [1.54, 1.807) is 0 Å². The highest BCUT2D eigenvalue weighted by Gasteiger charge is 2.08. The summed E-state index contributed by atoms with van der Waals surface area (Å²) in [5.41, 5.74) is 8.20. The summed E-state index contributed by atoms with van der Waals surface area (Å²) in [6.07, 6.45) is 1.14. The lowest BCUT2D eigenvalue weighted by molar-refractivity contribution is 0.0646. The van der Waals surface area contributed by atoms with Crippen molar-refractivity contribution in [3.63, 3.8) is 0 Å². The number of hydrogen-bond acceptors (Lipinski definition) is 3. The molecule has 0 spiro atoms. The molecule has 0 saturated carbocycles. The Labute approximate surface area is 105 Å². The van der Waals surface area contributed by atoms with Crippen molar-refractivity contribution in [2.75, 3.05) is 31.6 Å². The van der Waals surface area contributed by atoms with Gasteiger partial charge in [-0.2, -0.15) is 0 Å². The highest BCUT2D eigenvalue weighted by Crippen LogP contribution is 2.14. The maximum atomic E-state index is 5.66. The minimum absolute atomic E-state index is 0.173. The zero-order valence-electron chi connectivity index (χ0n) is 11.1. The van der Waals surface area contributed by atoms with Crippen molar-refractivity contribution in [3.8, 4) is 0 Å². The summed E-state index contributed by atoms with van der Waals surface area (Å²) in [7, 11) is 2.11. The Morgan fingerprint density at radius 3 is 2.76 bits per heavy atom. The number of benzene rings is 1. The van der Waals surface area contributed by atoms with Gasteiger partial charge in [-0.25, -0.2) is 0 Å². The van der Waals surface area contributed by atoms with E-state index in [9.17, 15) is 0 Å². The number of nitrogens with zero attached hydrogens (tertiary/aromatic N) is 1. The highest BCUT2D eigenvalue weighted by molar-refractivity contribution is 5.47. The standard InChI is InChI=1S/C14H24N2O/c1-4-17-14(11-15)8-9-16(3)13-7-5-6-12(2)10-13/h5-7,10,14H,4,8-9,11,15H2,1-3H3. The smallest absolute Gasteiger partial charge is 0.0713 e. The summed E-state index contributed by atoms with van der Waals surface area (Å²) in [5, 5.41) is 0. The van der Waals surface area contributed by atoms with Crippen LogP contribution in [-0.4, -0.2) is 32.8 Å². The molecule has 0 bridgehead atoms. The van der Waals surface area contributed by atoms with Gasteiger partial charge in [-0.3, -0.25) is 0 Å². The minimum Gasteiger partial charge on any atom is -0.377 e. The lowest BCUT2D eigenvalue weighted by Gasteiger charge is -2.23. The Kier molecular flexibility index (Phi) is 6.01. The summed E-state index contributed by atoms with van der Waals surface area (Å²) in [6, 6.07) is 8.52. The van der Waals surface area contributed by atoms with Crippen molar-refractivity contribution < 1.29 is 4.74 Å². The van der Waals surface area contributed by atoms with Crippen LogP contribution < -0.4 is 10.6 Å². The second kappa shape index (κ2) is 7.30. The van der Waals surface area contributed by atoms with Crippen molar-refractivity contribution in [3.05, 3.63) is 29.8 Å². The van der Waals surface area contributed by atoms with Crippen LogP contribution in [0.5, 0.6) is 0 Å². The van der Waals surface area contributed by atoms with Crippen LogP contribution in [0.3, 0.4) is 0 Å². The van der Waals surface area contributed by atoms with E-state index in [4.69, 9.17) is 10.5 Å². The molecule has 1 unspecified atom stereocenters. The van der Waals surface area contributed by atoms with Crippen molar-refractivity contribution in [2.24, 2.45) is 5.73 Å². The first kappa shape index (κ1) is 14.0. The van der Waals surface area contributed by atoms with Crippen molar-refractivity contribution in [1.29, 1.82) is 0 Å².